The number of hydrogen-bond donors (Lipinski definition) is 0. The molecule has 2 atom stereocenters. The standard InChI is InChI=1S/C24H18ClN5O3/c25-19-10-6-17(7-11-19)22-14-21(16-4-2-1-3-5-16)28(24-26-15-27-29(22)24)23(31)18-8-12-20(13-9-18)30(32)33/h1-13,15,21-22H,14H2/t21-,22+/m1/s1. The predicted octanol–water partition coefficient (Wildman–Crippen LogP) is 5.22. The van der Waals surface area contributed by atoms with Gasteiger partial charge in [-0.05, 0) is 41.8 Å². The Morgan fingerprint density at radius 2 is 1.61 bits per heavy atom. The molecule has 0 aliphatic carbocycles. The highest BCUT2D eigenvalue weighted by atomic mass is 35.5. The van der Waals surface area contributed by atoms with E-state index in [2.05, 4.69) is 10.1 Å². The summed E-state index contributed by atoms with van der Waals surface area (Å²) in [6, 6.07) is 22.4. The molecule has 0 bridgehead atoms. The van der Waals surface area contributed by atoms with Crippen LogP contribution in [0, 0.1) is 10.1 Å². The molecule has 164 valence electrons. The molecule has 1 aliphatic heterocycles. The molecule has 0 fully saturated rings. The van der Waals surface area contributed by atoms with Crippen molar-refractivity contribution in [3.05, 3.63) is 117 Å². The summed E-state index contributed by atoms with van der Waals surface area (Å²) in [6.07, 6.45) is 2.00. The molecule has 1 amide bonds. The number of nitro benzene ring substituents is 1. The highest BCUT2D eigenvalue weighted by Gasteiger charge is 2.39. The van der Waals surface area contributed by atoms with Gasteiger partial charge >= 0.3 is 0 Å². The number of anilines is 1. The van der Waals surface area contributed by atoms with Gasteiger partial charge in [-0.15, -0.1) is 0 Å². The third-order valence-corrected chi connectivity index (χ3v) is 6.06. The maximum Gasteiger partial charge on any atom is 0.269 e. The van der Waals surface area contributed by atoms with Gasteiger partial charge in [0, 0.05) is 22.7 Å². The monoisotopic (exact) mass is 459 g/mol. The average molecular weight is 460 g/mol. The molecule has 1 aliphatic rings. The number of hydrogen-bond acceptors (Lipinski definition) is 5. The Labute approximate surface area is 194 Å². The van der Waals surface area contributed by atoms with Gasteiger partial charge in [-0.3, -0.25) is 19.8 Å². The molecule has 4 aromatic rings. The fourth-order valence-electron chi connectivity index (χ4n) is 4.21. The number of fused-ring (bicyclic) bond motifs is 1. The Balaban J connectivity index is 1.61. The van der Waals surface area contributed by atoms with Crippen molar-refractivity contribution < 1.29 is 9.72 Å². The lowest BCUT2D eigenvalue weighted by Gasteiger charge is -2.39. The van der Waals surface area contributed by atoms with E-state index in [1.54, 1.807) is 9.58 Å². The summed E-state index contributed by atoms with van der Waals surface area (Å²) in [5, 5.41) is 16.1. The van der Waals surface area contributed by atoms with Crippen LogP contribution in [0.15, 0.2) is 85.2 Å². The number of benzene rings is 3. The summed E-state index contributed by atoms with van der Waals surface area (Å²) >= 11 is 6.09. The van der Waals surface area contributed by atoms with E-state index >= 15 is 0 Å². The normalized spacial score (nSPS) is 17.4. The smallest absolute Gasteiger partial charge is 0.269 e. The Morgan fingerprint density at radius 3 is 2.27 bits per heavy atom. The summed E-state index contributed by atoms with van der Waals surface area (Å²) in [5.41, 5.74) is 2.23. The molecule has 0 N–H and O–H groups in total. The van der Waals surface area contributed by atoms with Gasteiger partial charge in [-0.2, -0.15) is 10.1 Å². The first-order valence-corrected chi connectivity index (χ1v) is 10.7. The van der Waals surface area contributed by atoms with Crippen LogP contribution in [-0.2, 0) is 0 Å². The molecule has 0 saturated carbocycles. The zero-order valence-electron chi connectivity index (χ0n) is 17.3. The molecule has 0 unspecified atom stereocenters. The second kappa shape index (κ2) is 8.48. The van der Waals surface area contributed by atoms with Crippen LogP contribution in [0.5, 0.6) is 0 Å². The number of halogens is 1. The summed E-state index contributed by atoms with van der Waals surface area (Å²) < 4.78 is 1.74. The molecule has 8 nitrogen and oxygen atoms in total. The first kappa shape index (κ1) is 20.8. The van der Waals surface area contributed by atoms with Crippen molar-refractivity contribution >= 4 is 29.1 Å². The lowest BCUT2D eigenvalue weighted by molar-refractivity contribution is -0.384. The predicted molar refractivity (Wildman–Crippen MR) is 123 cm³/mol. The summed E-state index contributed by atoms with van der Waals surface area (Å²) in [6.45, 7) is 0. The summed E-state index contributed by atoms with van der Waals surface area (Å²) in [4.78, 5) is 30.2. The van der Waals surface area contributed by atoms with Crippen molar-refractivity contribution in [1.29, 1.82) is 0 Å². The van der Waals surface area contributed by atoms with Crippen molar-refractivity contribution in [1.82, 2.24) is 14.8 Å². The van der Waals surface area contributed by atoms with Gasteiger partial charge in [-0.1, -0.05) is 54.1 Å². The average Bonchev–Trinajstić information content (AvgIpc) is 3.34. The maximum absolute atomic E-state index is 13.7. The van der Waals surface area contributed by atoms with Gasteiger partial charge in [0.1, 0.15) is 6.33 Å². The molecular formula is C24H18ClN5O3. The number of nitro groups is 1. The second-order valence-corrected chi connectivity index (χ2v) is 8.15. The van der Waals surface area contributed by atoms with Crippen molar-refractivity contribution in [2.75, 3.05) is 4.90 Å². The number of rotatable bonds is 4. The van der Waals surface area contributed by atoms with E-state index in [0.29, 0.717) is 23.0 Å². The fourth-order valence-corrected chi connectivity index (χ4v) is 4.34. The van der Waals surface area contributed by atoms with E-state index in [4.69, 9.17) is 11.6 Å². The zero-order chi connectivity index (χ0) is 22.9. The maximum atomic E-state index is 13.7. The van der Waals surface area contributed by atoms with Crippen molar-refractivity contribution in [2.45, 2.75) is 18.5 Å². The second-order valence-electron chi connectivity index (χ2n) is 7.71. The molecule has 2 heterocycles. The van der Waals surface area contributed by atoms with E-state index in [9.17, 15) is 14.9 Å². The van der Waals surface area contributed by atoms with Gasteiger partial charge in [-0.25, -0.2) is 4.68 Å². The van der Waals surface area contributed by atoms with Crippen molar-refractivity contribution in [2.24, 2.45) is 0 Å². The van der Waals surface area contributed by atoms with Crippen LogP contribution in [0.3, 0.4) is 0 Å². The van der Waals surface area contributed by atoms with Crippen LogP contribution in [0.25, 0.3) is 0 Å². The Hall–Kier alpha value is -4.04. The van der Waals surface area contributed by atoms with E-state index in [1.165, 1.54) is 30.6 Å². The van der Waals surface area contributed by atoms with Crippen molar-refractivity contribution in [3.63, 3.8) is 0 Å². The number of carbonyl (C=O) groups excluding carboxylic acids is 1. The minimum atomic E-state index is -0.491. The lowest BCUT2D eigenvalue weighted by atomic mass is 9.91. The Bertz CT molecular complexity index is 1310. The fraction of sp³-hybridized carbons (Fsp3) is 0.125. The highest BCUT2D eigenvalue weighted by Crippen LogP contribution is 2.42. The van der Waals surface area contributed by atoms with Crippen LogP contribution >= 0.6 is 11.6 Å². The quantitative estimate of drug-likeness (QED) is 0.308. The lowest BCUT2D eigenvalue weighted by Crippen LogP contribution is -2.42. The Morgan fingerprint density at radius 1 is 0.939 bits per heavy atom. The molecule has 0 spiro atoms. The number of aromatic nitrogens is 3. The minimum Gasteiger partial charge on any atom is -0.269 e. The number of carbonyl (C=O) groups is 1. The summed E-state index contributed by atoms with van der Waals surface area (Å²) in [7, 11) is 0. The number of non-ortho nitro benzene ring substituents is 1. The third kappa shape index (κ3) is 3.85. The highest BCUT2D eigenvalue weighted by molar-refractivity contribution is 6.30. The first-order valence-electron chi connectivity index (χ1n) is 10.3. The Kier molecular flexibility index (Phi) is 5.35. The van der Waals surface area contributed by atoms with Gasteiger partial charge in [0.05, 0.1) is 17.0 Å². The zero-order valence-corrected chi connectivity index (χ0v) is 18.0. The molecule has 33 heavy (non-hydrogen) atoms. The van der Waals surface area contributed by atoms with E-state index in [-0.39, 0.29) is 23.7 Å². The van der Waals surface area contributed by atoms with Crippen LogP contribution in [0.2, 0.25) is 5.02 Å². The number of nitrogens with zero attached hydrogens (tertiary/aromatic N) is 5. The van der Waals surface area contributed by atoms with Crippen LogP contribution in [0.4, 0.5) is 11.6 Å². The topological polar surface area (TPSA) is 94.2 Å². The molecule has 0 saturated heterocycles. The van der Waals surface area contributed by atoms with Crippen LogP contribution in [-0.4, -0.2) is 25.6 Å². The first-order chi connectivity index (χ1) is 16.0. The van der Waals surface area contributed by atoms with Crippen molar-refractivity contribution in [3.8, 4) is 0 Å². The molecule has 1 aromatic heterocycles. The van der Waals surface area contributed by atoms with Crippen LogP contribution < -0.4 is 4.90 Å². The SMILES string of the molecule is O=C(c1ccc([N+](=O)[O-])cc1)N1c2ncnn2[C@H](c2ccc(Cl)cc2)C[C@@H]1c1ccccc1. The van der Waals surface area contributed by atoms with Crippen LogP contribution in [0.1, 0.15) is 40.0 Å². The van der Waals surface area contributed by atoms with Gasteiger partial charge in [0.25, 0.3) is 11.6 Å². The third-order valence-electron chi connectivity index (χ3n) is 5.81. The molecule has 3 aromatic carbocycles. The largest absolute Gasteiger partial charge is 0.269 e. The number of amides is 1. The summed E-state index contributed by atoms with van der Waals surface area (Å²) in [5.74, 6) is 0.112. The van der Waals surface area contributed by atoms with E-state index in [0.717, 1.165) is 11.1 Å². The molecule has 9 heteroatoms. The molecular weight excluding hydrogens is 442 g/mol. The van der Waals surface area contributed by atoms with E-state index < -0.39 is 4.92 Å². The van der Waals surface area contributed by atoms with Gasteiger partial charge in [0.15, 0.2) is 0 Å². The minimum absolute atomic E-state index is 0.0734. The van der Waals surface area contributed by atoms with Gasteiger partial charge in [0.2, 0.25) is 5.95 Å². The van der Waals surface area contributed by atoms with Gasteiger partial charge < -0.3 is 0 Å². The molecule has 0 radical (unpaired) electrons. The van der Waals surface area contributed by atoms with E-state index in [1.807, 2.05) is 54.6 Å². The molecule has 5 rings (SSSR count).